The number of carbonyl (C=O) groups excluding carboxylic acids is 1. The summed E-state index contributed by atoms with van der Waals surface area (Å²) >= 11 is 0. The minimum Gasteiger partial charge on any atom is -0.354 e. The number of likely N-dealkylation sites (N-methyl/N-ethyl adjacent to an activating group) is 1. The first-order chi connectivity index (χ1) is 8.99. The molecule has 0 saturated carbocycles. The summed E-state index contributed by atoms with van der Waals surface area (Å²) in [7, 11) is 3.93. The molecule has 0 radical (unpaired) electrons. The molecule has 1 aromatic heterocycles. The number of nitrogens with one attached hydrogen (secondary N) is 2. The lowest BCUT2D eigenvalue weighted by molar-refractivity contribution is 0.0946. The van der Waals surface area contributed by atoms with E-state index in [1.54, 1.807) is 12.3 Å². The Morgan fingerprint density at radius 3 is 2.79 bits per heavy atom. The van der Waals surface area contributed by atoms with Crippen LogP contribution in [-0.4, -0.2) is 54.5 Å². The Balaban J connectivity index is 2.52. The van der Waals surface area contributed by atoms with Crippen LogP contribution < -0.4 is 10.6 Å². The SMILES string of the molecule is CC(C)CNc1nccc(C(=O)NCCN(C)C)n1. The zero-order valence-corrected chi connectivity index (χ0v) is 12.1. The zero-order valence-electron chi connectivity index (χ0n) is 12.1. The van der Waals surface area contributed by atoms with Crippen molar-refractivity contribution in [1.29, 1.82) is 0 Å². The number of aromatic nitrogens is 2. The number of rotatable bonds is 7. The van der Waals surface area contributed by atoms with Crippen LogP contribution in [0.15, 0.2) is 12.3 Å². The van der Waals surface area contributed by atoms with Crippen molar-refractivity contribution < 1.29 is 4.79 Å². The summed E-state index contributed by atoms with van der Waals surface area (Å²) in [6, 6.07) is 1.62. The fraction of sp³-hybridized carbons (Fsp3) is 0.615. The van der Waals surface area contributed by atoms with Crippen LogP contribution in [0.2, 0.25) is 0 Å². The number of anilines is 1. The molecule has 0 bridgehead atoms. The molecule has 0 aromatic carbocycles. The highest BCUT2D eigenvalue weighted by Gasteiger charge is 2.08. The lowest BCUT2D eigenvalue weighted by Gasteiger charge is -2.11. The van der Waals surface area contributed by atoms with E-state index in [1.807, 2.05) is 19.0 Å². The van der Waals surface area contributed by atoms with E-state index in [4.69, 9.17) is 0 Å². The monoisotopic (exact) mass is 265 g/mol. The Kier molecular flexibility index (Phi) is 6.21. The molecule has 106 valence electrons. The lowest BCUT2D eigenvalue weighted by Crippen LogP contribution is -2.32. The van der Waals surface area contributed by atoms with Gasteiger partial charge in [-0.25, -0.2) is 9.97 Å². The minimum absolute atomic E-state index is 0.170. The summed E-state index contributed by atoms with van der Waals surface area (Å²) < 4.78 is 0. The largest absolute Gasteiger partial charge is 0.354 e. The average molecular weight is 265 g/mol. The van der Waals surface area contributed by atoms with E-state index >= 15 is 0 Å². The van der Waals surface area contributed by atoms with Gasteiger partial charge in [0.1, 0.15) is 5.69 Å². The van der Waals surface area contributed by atoms with E-state index in [2.05, 4.69) is 34.4 Å². The molecule has 0 unspecified atom stereocenters. The molecule has 0 aliphatic carbocycles. The van der Waals surface area contributed by atoms with Crippen molar-refractivity contribution in [3.8, 4) is 0 Å². The third-order valence-electron chi connectivity index (χ3n) is 2.40. The zero-order chi connectivity index (χ0) is 14.3. The van der Waals surface area contributed by atoms with Crippen molar-refractivity contribution in [3.05, 3.63) is 18.0 Å². The molecule has 19 heavy (non-hydrogen) atoms. The van der Waals surface area contributed by atoms with Gasteiger partial charge in [-0.3, -0.25) is 4.79 Å². The molecule has 0 atom stereocenters. The fourth-order valence-corrected chi connectivity index (χ4v) is 1.35. The summed E-state index contributed by atoms with van der Waals surface area (Å²) in [5.74, 6) is 0.826. The molecule has 2 N–H and O–H groups in total. The fourth-order valence-electron chi connectivity index (χ4n) is 1.35. The van der Waals surface area contributed by atoms with Crippen LogP contribution in [0.5, 0.6) is 0 Å². The predicted octanol–water partition coefficient (Wildman–Crippen LogP) is 0.836. The number of amides is 1. The number of hydrogen-bond donors (Lipinski definition) is 2. The van der Waals surface area contributed by atoms with Crippen LogP contribution in [-0.2, 0) is 0 Å². The van der Waals surface area contributed by atoms with E-state index in [0.29, 0.717) is 24.1 Å². The van der Waals surface area contributed by atoms with Crippen molar-refractivity contribution in [3.63, 3.8) is 0 Å². The van der Waals surface area contributed by atoms with Gasteiger partial charge in [0.15, 0.2) is 0 Å². The third kappa shape index (κ3) is 6.15. The number of carbonyl (C=O) groups is 1. The molecule has 0 aliphatic heterocycles. The van der Waals surface area contributed by atoms with E-state index in [9.17, 15) is 4.79 Å². The first-order valence-corrected chi connectivity index (χ1v) is 6.49. The van der Waals surface area contributed by atoms with Gasteiger partial charge in [0.05, 0.1) is 0 Å². The Morgan fingerprint density at radius 2 is 2.16 bits per heavy atom. The van der Waals surface area contributed by atoms with Crippen LogP contribution in [0.4, 0.5) is 5.95 Å². The third-order valence-corrected chi connectivity index (χ3v) is 2.40. The Hall–Kier alpha value is -1.69. The average Bonchev–Trinajstić information content (AvgIpc) is 2.36. The van der Waals surface area contributed by atoms with E-state index in [-0.39, 0.29) is 5.91 Å². The summed E-state index contributed by atoms with van der Waals surface area (Å²) in [6.07, 6.45) is 1.59. The molecule has 6 heteroatoms. The van der Waals surface area contributed by atoms with Crippen LogP contribution in [0.1, 0.15) is 24.3 Å². The molecule has 0 fully saturated rings. The topological polar surface area (TPSA) is 70.2 Å². The molecule has 1 amide bonds. The molecule has 1 rings (SSSR count). The van der Waals surface area contributed by atoms with Crippen LogP contribution in [0.3, 0.4) is 0 Å². The van der Waals surface area contributed by atoms with Gasteiger partial charge in [0, 0.05) is 25.8 Å². The normalized spacial score (nSPS) is 10.8. The Labute approximate surface area is 114 Å². The van der Waals surface area contributed by atoms with Gasteiger partial charge in [0.25, 0.3) is 5.91 Å². The second-order valence-electron chi connectivity index (χ2n) is 5.10. The van der Waals surface area contributed by atoms with Gasteiger partial charge < -0.3 is 15.5 Å². The molecule has 1 aromatic rings. The maximum Gasteiger partial charge on any atom is 0.270 e. The Bertz CT molecular complexity index is 406. The van der Waals surface area contributed by atoms with Crippen molar-refractivity contribution in [2.24, 2.45) is 5.92 Å². The number of hydrogen-bond acceptors (Lipinski definition) is 5. The molecule has 0 spiro atoms. The summed E-state index contributed by atoms with van der Waals surface area (Å²) in [5.41, 5.74) is 0.389. The number of nitrogens with zero attached hydrogens (tertiary/aromatic N) is 3. The van der Waals surface area contributed by atoms with Crippen molar-refractivity contribution >= 4 is 11.9 Å². The molecule has 6 nitrogen and oxygen atoms in total. The molecular weight excluding hydrogens is 242 g/mol. The first-order valence-electron chi connectivity index (χ1n) is 6.49. The van der Waals surface area contributed by atoms with E-state index in [0.717, 1.165) is 13.1 Å². The highest BCUT2D eigenvalue weighted by Crippen LogP contribution is 2.02. The van der Waals surface area contributed by atoms with Crippen LogP contribution in [0, 0.1) is 5.92 Å². The van der Waals surface area contributed by atoms with Gasteiger partial charge in [-0.15, -0.1) is 0 Å². The lowest BCUT2D eigenvalue weighted by atomic mass is 10.2. The quantitative estimate of drug-likeness (QED) is 0.764. The van der Waals surface area contributed by atoms with Gasteiger partial charge >= 0.3 is 0 Å². The summed E-state index contributed by atoms with van der Waals surface area (Å²) in [5, 5.41) is 5.93. The van der Waals surface area contributed by atoms with Gasteiger partial charge in [0.2, 0.25) is 5.95 Å². The maximum atomic E-state index is 11.9. The van der Waals surface area contributed by atoms with Crippen molar-refractivity contribution in [1.82, 2.24) is 20.2 Å². The standard InChI is InChI=1S/C13H23N5O/c1-10(2)9-16-13-15-6-5-11(17-13)12(19)14-7-8-18(3)4/h5-6,10H,7-9H2,1-4H3,(H,14,19)(H,15,16,17). The van der Waals surface area contributed by atoms with Gasteiger partial charge in [-0.1, -0.05) is 13.8 Å². The van der Waals surface area contributed by atoms with Gasteiger partial charge in [-0.2, -0.15) is 0 Å². The maximum absolute atomic E-state index is 11.9. The molecule has 1 heterocycles. The van der Waals surface area contributed by atoms with Crippen LogP contribution >= 0.6 is 0 Å². The summed E-state index contributed by atoms with van der Waals surface area (Å²) in [4.78, 5) is 22.2. The molecule has 0 aliphatic rings. The second kappa shape index (κ2) is 7.68. The molecule has 0 saturated heterocycles. The van der Waals surface area contributed by atoms with Crippen molar-refractivity contribution in [2.75, 3.05) is 39.0 Å². The van der Waals surface area contributed by atoms with Crippen LogP contribution in [0.25, 0.3) is 0 Å². The van der Waals surface area contributed by atoms with Crippen molar-refractivity contribution in [2.45, 2.75) is 13.8 Å². The highest BCUT2D eigenvalue weighted by molar-refractivity contribution is 5.92. The predicted molar refractivity (Wildman–Crippen MR) is 76.2 cm³/mol. The van der Waals surface area contributed by atoms with Gasteiger partial charge in [-0.05, 0) is 26.1 Å². The summed E-state index contributed by atoms with van der Waals surface area (Å²) in [6.45, 7) is 6.39. The minimum atomic E-state index is -0.170. The van der Waals surface area contributed by atoms with E-state index in [1.165, 1.54) is 0 Å². The molecular formula is C13H23N5O. The highest BCUT2D eigenvalue weighted by atomic mass is 16.1. The second-order valence-corrected chi connectivity index (χ2v) is 5.10. The Morgan fingerprint density at radius 1 is 1.42 bits per heavy atom. The first kappa shape index (κ1) is 15.4. The smallest absolute Gasteiger partial charge is 0.270 e. The van der Waals surface area contributed by atoms with E-state index < -0.39 is 0 Å².